The van der Waals surface area contributed by atoms with E-state index in [0.717, 1.165) is 45.4 Å². The van der Waals surface area contributed by atoms with Gasteiger partial charge in [0.05, 0.1) is 5.02 Å². The lowest BCUT2D eigenvalue weighted by molar-refractivity contribution is 0.0785. The standard InChI is InChI=1S/C15H19ClF2N2.2ClH/c16-11-4-5-12(17)13(14(11)18)15(10-2-1-3-10)20-8-6-19-7-9-20;;/h4-5,10,15,19H,1-3,6-9H2;2*1H/t15-;;/m0../s1. The zero-order valence-electron chi connectivity index (χ0n) is 12.2. The van der Waals surface area contributed by atoms with Crippen LogP contribution in [0.3, 0.4) is 0 Å². The zero-order chi connectivity index (χ0) is 14.1. The van der Waals surface area contributed by atoms with Gasteiger partial charge in [-0.1, -0.05) is 18.0 Å². The van der Waals surface area contributed by atoms with Crippen molar-refractivity contribution < 1.29 is 8.78 Å². The van der Waals surface area contributed by atoms with E-state index < -0.39 is 11.6 Å². The Bertz CT molecular complexity index is 492. The molecule has 1 N–H and O–H groups in total. The Kier molecular flexibility index (Phi) is 7.83. The number of hydrogen-bond donors (Lipinski definition) is 1. The van der Waals surface area contributed by atoms with Crippen molar-refractivity contribution in [3.63, 3.8) is 0 Å². The summed E-state index contributed by atoms with van der Waals surface area (Å²) in [6.45, 7) is 3.39. The lowest BCUT2D eigenvalue weighted by Gasteiger charge is -2.43. The van der Waals surface area contributed by atoms with Crippen LogP contribution in [-0.4, -0.2) is 31.1 Å². The molecular formula is C15H21Cl3F2N2. The van der Waals surface area contributed by atoms with Crippen LogP contribution in [0.2, 0.25) is 5.02 Å². The van der Waals surface area contributed by atoms with Crippen LogP contribution < -0.4 is 5.32 Å². The minimum Gasteiger partial charge on any atom is -0.314 e. The van der Waals surface area contributed by atoms with Crippen molar-refractivity contribution in [2.24, 2.45) is 5.92 Å². The fourth-order valence-corrected chi connectivity index (χ4v) is 3.41. The van der Waals surface area contributed by atoms with Gasteiger partial charge in [0.2, 0.25) is 0 Å². The van der Waals surface area contributed by atoms with Crippen LogP contribution in [0.5, 0.6) is 0 Å². The van der Waals surface area contributed by atoms with E-state index in [1.165, 1.54) is 12.1 Å². The quantitative estimate of drug-likeness (QED) is 0.799. The number of piperazine rings is 1. The monoisotopic (exact) mass is 372 g/mol. The van der Waals surface area contributed by atoms with Crippen molar-refractivity contribution in [1.29, 1.82) is 0 Å². The van der Waals surface area contributed by atoms with E-state index in [1.54, 1.807) is 0 Å². The molecule has 0 unspecified atom stereocenters. The van der Waals surface area contributed by atoms with Crippen LogP contribution in [0.4, 0.5) is 8.78 Å². The number of rotatable bonds is 3. The molecule has 7 heteroatoms. The maximum Gasteiger partial charge on any atom is 0.149 e. The van der Waals surface area contributed by atoms with E-state index in [2.05, 4.69) is 10.2 Å². The second-order valence-corrected chi connectivity index (χ2v) is 6.09. The summed E-state index contributed by atoms with van der Waals surface area (Å²) in [5.74, 6) is -0.708. The summed E-state index contributed by atoms with van der Waals surface area (Å²) in [4.78, 5) is 2.21. The number of halogens is 5. The molecule has 126 valence electrons. The van der Waals surface area contributed by atoms with Crippen molar-refractivity contribution in [1.82, 2.24) is 10.2 Å². The Morgan fingerprint density at radius 3 is 2.32 bits per heavy atom. The molecule has 1 atom stereocenters. The average molecular weight is 374 g/mol. The van der Waals surface area contributed by atoms with Gasteiger partial charge in [0.15, 0.2) is 0 Å². The molecule has 3 rings (SSSR count). The highest BCUT2D eigenvalue weighted by molar-refractivity contribution is 6.30. The summed E-state index contributed by atoms with van der Waals surface area (Å²) >= 11 is 5.86. The van der Waals surface area contributed by atoms with E-state index in [9.17, 15) is 8.78 Å². The van der Waals surface area contributed by atoms with E-state index in [4.69, 9.17) is 11.6 Å². The highest BCUT2D eigenvalue weighted by atomic mass is 35.5. The minimum absolute atomic E-state index is 0. The molecule has 1 aromatic carbocycles. The predicted molar refractivity (Wildman–Crippen MR) is 90.4 cm³/mol. The molecule has 1 saturated heterocycles. The fraction of sp³-hybridized carbons (Fsp3) is 0.600. The number of benzene rings is 1. The van der Waals surface area contributed by atoms with Crippen LogP contribution in [0.15, 0.2) is 12.1 Å². The Labute approximate surface area is 147 Å². The molecule has 1 aliphatic heterocycles. The topological polar surface area (TPSA) is 15.3 Å². The third-order valence-corrected chi connectivity index (χ3v) is 4.81. The minimum atomic E-state index is -0.581. The van der Waals surface area contributed by atoms with Gasteiger partial charge in [-0.3, -0.25) is 4.90 Å². The lowest BCUT2D eigenvalue weighted by atomic mass is 9.76. The van der Waals surface area contributed by atoms with Crippen molar-refractivity contribution in [3.05, 3.63) is 34.4 Å². The summed E-state index contributed by atoms with van der Waals surface area (Å²) < 4.78 is 28.6. The highest BCUT2D eigenvalue weighted by Crippen LogP contribution is 2.43. The predicted octanol–water partition coefficient (Wildman–Crippen LogP) is 4.21. The van der Waals surface area contributed by atoms with Crippen LogP contribution >= 0.6 is 36.4 Å². The number of hydrogen-bond acceptors (Lipinski definition) is 2. The van der Waals surface area contributed by atoms with Crippen LogP contribution in [0, 0.1) is 17.6 Å². The Morgan fingerprint density at radius 2 is 1.77 bits per heavy atom. The van der Waals surface area contributed by atoms with Gasteiger partial charge < -0.3 is 5.32 Å². The first-order valence-electron chi connectivity index (χ1n) is 7.26. The second-order valence-electron chi connectivity index (χ2n) is 5.68. The van der Waals surface area contributed by atoms with Gasteiger partial charge in [-0.25, -0.2) is 8.78 Å². The first kappa shape index (κ1) is 19.9. The molecule has 0 bridgehead atoms. The summed E-state index contributed by atoms with van der Waals surface area (Å²) in [5, 5.41) is 3.30. The summed E-state index contributed by atoms with van der Waals surface area (Å²) in [5.41, 5.74) is 0.170. The van der Waals surface area contributed by atoms with Gasteiger partial charge in [-0.15, -0.1) is 24.8 Å². The molecular weight excluding hydrogens is 353 g/mol. The van der Waals surface area contributed by atoms with Gasteiger partial charge in [0.1, 0.15) is 11.6 Å². The Balaban J connectivity index is 0.00000121. The van der Waals surface area contributed by atoms with Crippen LogP contribution in [0.25, 0.3) is 0 Å². The normalized spacial score (nSPS) is 20.5. The van der Waals surface area contributed by atoms with Gasteiger partial charge in [0.25, 0.3) is 0 Å². The third kappa shape index (κ3) is 3.85. The van der Waals surface area contributed by atoms with Gasteiger partial charge in [-0.05, 0) is 30.9 Å². The molecule has 0 spiro atoms. The van der Waals surface area contributed by atoms with Gasteiger partial charge in [-0.2, -0.15) is 0 Å². The number of nitrogens with one attached hydrogen (secondary N) is 1. The molecule has 1 aromatic rings. The maximum atomic E-state index is 14.4. The van der Waals surface area contributed by atoms with E-state index in [0.29, 0.717) is 5.92 Å². The smallest absolute Gasteiger partial charge is 0.149 e. The van der Waals surface area contributed by atoms with Crippen molar-refractivity contribution in [3.8, 4) is 0 Å². The van der Waals surface area contributed by atoms with E-state index >= 15 is 0 Å². The fourth-order valence-electron chi connectivity index (χ4n) is 3.25. The SMILES string of the molecule is Cl.Cl.Fc1ccc(Cl)c(F)c1[C@H](C1CCC1)N1CCNCC1. The van der Waals surface area contributed by atoms with Crippen molar-refractivity contribution in [2.45, 2.75) is 25.3 Å². The Morgan fingerprint density at radius 1 is 1.14 bits per heavy atom. The molecule has 0 aromatic heterocycles. The van der Waals surface area contributed by atoms with Gasteiger partial charge >= 0.3 is 0 Å². The van der Waals surface area contributed by atoms with Crippen molar-refractivity contribution in [2.75, 3.05) is 26.2 Å². The molecule has 2 fully saturated rings. The molecule has 2 nitrogen and oxygen atoms in total. The summed E-state index contributed by atoms with van der Waals surface area (Å²) in [6.07, 6.45) is 3.23. The van der Waals surface area contributed by atoms with E-state index in [1.807, 2.05) is 0 Å². The average Bonchev–Trinajstić information content (AvgIpc) is 2.41. The number of nitrogens with zero attached hydrogens (tertiary/aromatic N) is 1. The third-order valence-electron chi connectivity index (χ3n) is 4.52. The Hall–Kier alpha value is -0.130. The molecule has 1 saturated carbocycles. The largest absolute Gasteiger partial charge is 0.314 e. The first-order chi connectivity index (χ1) is 9.68. The van der Waals surface area contributed by atoms with Crippen LogP contribution in [-0.2, 0) is 0 Å². The van der Waals surface area contributed by atoms with E-state index in [-0.39, 0.29) is 41.4 Å². The van der Waals surface area contributed by atoms with Crippen molar-refractivity contribution >= 4 is 36.4 Å². The summed E-state index contributed by atoms with van der Waals surface area (Å²) in [7, 11) is 0. The molecule has 1 aliphatic carbocycles. The lowest BCUT2D eigenvalue weighted by Crippen LogP contribution is -2.48. The highest BCUT2D eigenvalue weighted by Gasteiger charge is 2.37. The molecule has 0 radical (unpaired) electrons. The summed E-state index contributed by atoms with van der Waals surface area (Å²) in [6, 6.07) is 2.41. The zero-order valence-corrected chi connectivity index (χ0v) is 14.5. The van der Waals surface area contributed by atoms with Gasteiger partial charge in [0, 0.05) is 37.8 Å². The molecule has 2 aliphatic rings. The van der Waals surface area contributed by atoms with Crippen LogP contribution in [0.1, 0.15) is 30.9 Å². The molecule has 0 amide bonds. The maximum absolute atomic E-state index is 14.4. The second kappa shape index (κ2) is 8.65. The molecule has 22 heavy (non-hydrogen) atoms. The first-order valence-corrected chi connectivity index (χ1v) is 7.64. The molecule has 1 heterocycles.